The van der Waals surface area contributed by atoms with Crippen LogP contribution in [-0.2, 0) is 23.8 Å². The third-order valence-corrected chi connectivity index (χ3v) is 4.38. The number of methoxy groups -OCH3 is 1. The zero-order chi connectivity index (χ0) is 12.2. The molecule has 1 saturated heterocycles. The van der Waals surface area contributed by atoms with Crippen LogP contribution in [-0.4, -0.2) is 37.9 Å². The van der Waals surface area contributed by atoms with Crippen molar-refractivity contribution < 1.29 is 23.8 Å². The number of hydrogen-bond donors (Lipinski definition) is 0. The van der Waals surface area contributed by atoms with Crippen molar-refractivity contribution in [2.24, 2.45) is 23.7 Å². The molecule has 0 aromatic rings. The monoisotopic (exact) mass is 240 g/mol. The molecule has 0 amide bonds. The Morgan fingerprint density at radius 1 is 1.47 bits per heavy atom. The van der Waals surface area contributed by atoms with Crippen LogP contribution in [0.5, 0.6) is 0 Å². The van der Waals surface area contributed by atoms with E-state index in [1.165, 1.54) is 7.11 Å². The van der Waals surface area contributed by atoms with Crippen LogP contribution in [0.3, 0.4) is 0 Å². The molecule has 5 nitrogen and oxygen atoms in total. The highest BCUT2D eigenvalue weighted by Gasteiger charge is 2.69. The molecule has 94 valence electrons. The maximum Gasteiger partial charge on any atom is 0.310 e. The Hall–Kier alpha value is -1.10. The van der Waals surface area contributed by atoms with E-state index in [2.05, 4.69) is 0 Å². The van der Waals surface area contributed by atoms with E-state index in [0.717, 1.165) is 6.42 Å². The highest BCUT2D eigenvalue weighted by atomic mass is 16.6. The highest BCUT2D eigenvalue weighted by molar-refractivity contribution is 5.86. The lowest BCUT2D eigenvalue weighted by atomic mass is 9.78. The number of fused-ring (bicyclic) bond motifs is 1. The van der Waals surface area contributed by atoms with Crippen molar-refractivity contribution in [1.29, 1.82) is 0 Å². The maximum absolute atomic E-state index is 11.8. The first-order valence-electron chi connectivity index (χ1n) is 6.09. The Labute approximate surface area is 99.4 Å². The molecule has 3 fully saturated rings. The van der Waals surface area contributed by atoms with E-state index in [-0.39, 0.29) is 47.8 Å². The zero-order valence-corrected chi connectivity index (χ0v) is 9.92. The van der Waals surface area contributed by atoms with Gasteiger partial charge in [-0.3, -0.25) is 9.59 Å². The largest absolute Gasteiger partial charge is 0.469 e. The zero-order valence-electron chi connectivity index (χ0n) is 9.92. The van der Waals surface area contributed by atoms with E-state index in [4.69, 9.17) is 14.2 Å². The smallest absolute Gasteiger partial charge is 0.310 e. The normalized spacial score (nSPS) is 46.1. The van der Waals surface area contributed by atoms with Crippen LogP contribution < -0.4 is 0 Å². The van der Waals surface area contributed by atoms with Gasteiger partial charge in [-0.1, -0.05) is 0 Å². The summed E-state index contributed by atoms with van der Waals surface area (Å²) in [5, 5.41) is 0. The van der Waals surface area contributed by atoms with E-state index in [9.17, 15) is 9.59 Å². The van der Waals surface area contributed by atoms with Gasteiger partial charge in [-0.05, 0) is 13.3 Å². The van der Waals surface area contributed by atoms with Crippen LogP contribution in [0, 0.1) is 23.7 Å². The fraction of sp³-hybridized carbons (Fsp3) is 0.833. The van der Waals surface area contributed by atoms with Crippen molar-refractivity contribution in [3.63, 3.8) is 0 Å². The van der Waals surface area contributed by atoms with Gasteiger partial charge in [0.15, 0.2) is 0 Å². The molecule has 17 heavy (non-hydrogen) atoms. The second kappa shape index (κ2) is 3.70. The minimum absolute atomic E-state index is 0.0776. The molecule has 6 unspecified atom stereocenters. The Kier molecular flexibility index (Phi) is 2.40. The van der Waals surface area contributed by atoms with E-state index in [1.54, 1.807) is 0 Å². The molecular weight excluding hydrogens is 224 g/mol. The quantitative estimate of drug-likeness (QED) is 0.667. The molecule has 0 aromatic heterocycles. The number of rotatable bonds is 3. The van der Waals surface area contributed by atoms with E-state index < -0.39 is 0 Å². The highest BCUT2D eigenvalue weighted by Crippen LogP contribution is 2.58. The first-order chi connectivity index (χ1) is 8.19. The van der Waals surface area contributed by atoms with Crippen molar-refractivity contribution in [3.8, 4) is 0 Å². The Balaban J connectivity index is 1.92. The summed E-state index contributed by atoms with van der Waals surface area (Å²) in [5.41, 5.74) is 0. The van der Waals surface area contributed by atoms with Crippen molar-refractivity contribution in [1.82, 2.24) is 0 Å². The number of hydrogen-bond acceptors (Lipinski definition) is 5. The first-order valence-corrected chi connectivity index (χ1v) is 6.09. The lowest BCUT2D eigenvalue weighted by Crippen LogP contribution is -2.42. The molecule has 0 aromatic carbocycles. The SMILES string of the molecule is CCOC1C2CC3C1OC(=O)C3C2C(=O)OC. The number of carbonyl (C=O) groups excluding carboxylic acids is 2. The number of carbonyl (C=O) groups is 2. The second-order valence-electron chi connectivity index (χ2n) is 4.96. The Morgan fingerprint density at radius 2 is 2.24 bits per heavy atom. The fourth-order valence-electron chi connectivity index (χ4n) is 3.86. The van der Waals surface area contributed by atoms with Crippen molar-refractivity contribution in [2.75, 3.05) is 13.7 Å². The molecule has 2 aliphatic carbocycles. The van der Waals surface area contributed by atoms with Gasteiger partial charge in [0, 0.05) is 18.4 Å². The average molecular weight is 240 g/mol. The molecule has 0 spiro atoms. The van der Waals surface area contributed by atoms with Crippen LogP contribution in [0.2, 0.25) is 0 Å². The van der Waals surface area contributed by atoms with Gasteiger partial charge in [0.2, 0.25) is 0 Å². The molecule has 5 heteroatoms. The summed E-state index contributed by atoms with van der Waals surface area (Å²) in [5.74, 6) is -0.992. The molecule has 1 heterocycles. The number of esters is 2. The Morgan fingerprint density at radius 3 is 2.88 bits per heavy atom. The predicted molar refractivity (Wildman–Crippen MR) is 55.9 cm³/mol. The van der Waals surface area contributed by atoms with E-state index >= 15 is 0 Å². The fourth-order valence-corrected chi connectivity index (χ4v) is 3.86. The van der Waals surface area contributed by atoms with E-state index in [1.807, 2.05) is 6.92 Å². The standard InChI is InChI=1S/C12H16O5/c1-3-16-9-5-4-6-8(7(5)11(13)15-2)12(14)17-10(6)9/h5-10H,3-4H2,1-2H3. The summed E-state index contributed by atoms with van der Waals surface area (Å²) in [6.07, 6.45) is 0.570. The van der Waals surface area contributed by atoms with Gasteiger partial charge < -0.3 is 14.2 Å². The lowest BCUT2D eigenvalue weighted by Gasteiger charge is -2.29. The summed E-state index contributed by atoms with van der Waals surface area (Å²) >= 11 is 0. The summed E-state index contributed by atoms with van der Waals surface area (Å²) in [6, 6.07) is 0. The molecule has 3 rings (SSSR count). The summed E-state index contributed by atoms with van der Waals surface area (Å²) in [7, 11) is 1.36. The second-order valence-corrected chi connectivity index (χ2v) is 4.96. The van der Waals surface area contributed by atoms with Gasteiger partial charge in [-0.2, -0.15) is 0 Å². The van der Waals surface area contributed by atoms with Gasteiger partial charge >= 0.3 is 11.9 Å². The summed E-state index contributed by atoms with van der Waals surface area (Å²) < 4.78 is 15.8. The summed E-state index contributed by atoms with van der Waals surface area (Å²) in [6.45, 7) is 2.48. The average Bonchev–Trinajstić information content (AvgIpc) is 2.91. The third kappa shape index (κ3) is 1.29. The van der Waals surface area contributed by atoms with Crippen LogP contribution in [0.4, 0.5) is 0 Å². The molecule has 2 saturated carbocycles. The summed E-state index contributed by atoms with van der Waals surface area (Å²) in [4.78, 5) is 23.6. The molecule has 1 aliphatic heterocycles. The van der Waals surface area contributed by atoms with Crippen LogP contribution >= 0.6 is 0 Å². The van der Waals surface area contributed by atoms with E-state index in [0.29, 0.717) is 6.61 Å². The van der Waals surface area contributed by atoms with Crippen molar-refractivity contribution >= 4 is 11.9 Å². The third-order valence-electron chi connectivity index (χ3n) is 4.38. The van der Waals surface area contributed by atoms with Crippen LogP contribution in [0.15, 0.2) is 0 Å². The van der Waals surface area contributed by atoms with Crippen molar-refractivity contribution in [3.05, 3.63) is 0 Å². The maximum atomic E-state index is 11.8. The van der Waals surface area contributed by atoms with Gasteiger partial charge in [0.25, 0.3) is 0 Å². The van der Waals surface area contributed by atoms with Gasteiger partial charge in [0.1, 0.15) is 6.10 Å². The topological polar surface area (TPSA) is 61.8 Å². The first kappa shape index (κ1) is 11.0. The minimum atomic E-state index is -0.368. The minimum Gasteiger partial charge on any atom is -0.469 e. The van der Waals surface area contributed by atoms with Gasteiger partial charge in [0.05, 0.1) is 25.0 Å². The van der Waals surface area contributed by atoms with Crippen LogP contribution in [0.25, 0.3) is 0 Å². The molecule has 6 atom stereocenters. The van der Waals surface area contributed by atoms with Crippen LogP contribution in [0.1, 0.15) is 13.3 Å². The van der Waals surface area contributed by atoms with Gasteiger partial charge in [-0.15, -0.1) is 0 Å². The number of ether oxygens (including phenoxy) is 3. The molecular formula is C12H16O5. The molecule has 0 radical (unpaired) electrons. The Bertz CT molecular complexity index is 366. The van der Waals surface area contributed by atoms with Gasteiger partial charge in [-0.25, -0.2) is 0 Å². The predicted octanol–water partition coefficient (Wildman–Crippen LogP) is 0.372. The molecule has 0 N–H and O–H groups in total. The molecule has 2 bridgehead atoms. The lowest BCUT2D eigenvalue weighted by molar-refractivity contribution is -0.154. The molecule has 3 aliphatic rings. The van der Waals surface area contributed by atoms with Crippen molar-refractivity contribution in [2.45, 2.75) is 25.6 Å².